The lowest BCUT2D eigenvalue weighted by molar-refractivity contribution is 0.151. The molecule has 0 unspecified atom stereocenters. The largest absolute Gasteiger partial charge is 0.383 e. The monoisotopic (exact) mass is 183 g/mol. The van der Waals surface area contributed by atoms with Gasteiger partial charge in [0.25, 0.3) is 6.43 Å². The number of halogens is 2. The molecule has 0 aliphatic carbocycles. The molecule has 2 N–H and O–H groups in total. The molecule has 1 rings (SSSR count). The maximum absolute atomic E-state index is 12.2. The lowest BCUT2D eigenvalue weighted by atomic mass is 10.1. The third-order valence-electron chi connectivity index (χ3n) is 1.54. The number of hydrogen-bond acceptors (Lipinski definition) is 3. The van der Waals surface area contributed by atoms with Crippen molar-refractivity contribution < 1.29 is 8.78 Å². The predicted molar refractivity (Wildman–Crippen MR) is 42.9 cm³/mol. The number of nitrogen functional groups attached to an aromatic ring is 1. The number of pyridine rings is 1. The highest BCUT2D eigenvalue weighted by molar-refractivity contribution is 5.42. The van der Waals surface area contributed by atoms with Gasteiger partial charge in [-0.25, -0.2) is 13.8 Å². The van der Waals surface area contributed by atoms with Crippen LogP contribution in [0.25, 0.3) is 0 Å². The van der Waals surface area contributed by atoms with Crippen LogP contribution in [-0.4, -0.2) is 4.98 Å². The molecule has 0 aliphatic rings. The first-order valence-electron chi connectivity index (χ1n) is 3.54. The molecule has 5 heteroatoms. The van der Waals surface area contributed by atoms with E-state index < -0.39 is 6.43 Å². The molecule has 0 aliphatic heterocycles. The summed E-state index contributed by atoms with van der Waals surface area (Å²) in [5, 5.41) is 8.35. The summed E-state index contributed by atoms with van der Waals surface area (Å²) in [6.45, 7) is 0. The second kappa shape index (κ2) is 3.81. The lowest BCUT2D eigenvalue weighted by Gasteiger charge is -2.03. The summed E-state index contributed by atoms with van der Waals surface area (Å²) in [5.74, 6) is 0.131. The first-order chi connectivity index (χ1) is 6.15. The zero-order chi connectivity index (χ0) is 9.84. The number of nitrogens with two attached hydrogens (primary N) is 1. The SMILES string of the molecule is N#CCc1cc(C(F)F)cnc1N. The van der Waals surface area contributed by atoms with E-state index in [0.717, 1.165) is 6.20 Å². The normalized spacial score (nSPS) is 10.0. The second-order valence-corrected chi connectivity index (χ2v) is 2.45. The molecule has 0 spiro atoms. The Balaban J connectivity index is 3.05. The summed E-state index contributed by atoms with van der Waals surface area (Å²) in [4.78, 5) is 3.57. The molecule has 68 valence electrons. The van der Waals surface area contributed by atoms with Crippen LogP contribution in [0.1, 0.15) is 17.6 Å². The Bertz CT molecular complexity index is 344. The molecule has 0 fully saturated rings. The number of hydrogen-bond donors (Lipinski definition) is 1. The second-order valence-electron chi connectivity index (χ2n) is 2.45. The van der Waals surface area contributed by atoms with Crippen LogP contribution in [0.2, 0.25) is 0 Å². The molecule has 1 aromatic rings. The number of anilines is 1. The van der Waals surface area contributed by atoms with Crippen LogP contribution in [0.3, 0.4) is 0 Å². The summed E-state index contributed by atoms with van der Waals surface area (Å²) in [6.07, 6.45) is -1.56. The van der Waals surface area contributed by atoms with Crippen molar-refractivity contribution in [1.82, 2.24) is 4.98 Å². The smallest absolute Gasteiger partial charge is 0.265 e. The number of nitriles is 1. The van der Waals surface area contributed by atoms with Gasteiger partial charge in [-0.1, -0.05) is 0 Å². The summed E-state index contributed by atoms with van der Waals surface area (Å²) in [6, 6.07) is 3.03. The number of alkyl halides is 2. The summed E-state index contributed by atoms with van der Waals surface area (Å²) in [5.41, 5.74) is 5.51. The summed E-state index contributed by atoms with van der Waals surface area (Å²) in [7, 11) is 0. The minimum Gasteiger partial charge on any atom is -0.383 e. The molecule has 13 heavy (non-hydrogen) atoms. The third kappa shape index (κ3) is 2.12. The van der Waals surface area contributed by atoms with Gasteiger partial charge in [0, 0.05) is 17.3 Å². The molecule has 0 saturated carbocycles. The van der Waals surface area contributed by atoms with E-state index >= 15 is 0 Å². The van der Waals surface area contributed by atoms with Gasteiger partial charge in [-0.3, -0.25) is 0 Å². The number of rotatable bonds is 2. The van der Waals surface area contributed by atoms with E-state index in [1.807, 2.05) is 6.07 Å². The molecule has 0 aromatic carbocycles. The highest BCUT2D eigenvalue weighted by Gasteiger charge is 2.09. The van der Waals surface area contributed by atoms with Crippen LogP contribution in [-0.2, 0) is 6.42 Å². The minimum absolute atomic E-state index is 0.000602. The van der Waals surface area contributed by atoms with Crippen LogP contribution >= 0.6 is 0 Å². The van der Waals surface area contributed by atoms with E-state index in [2.05, 4.69) is 4.98 Å². The predicted octanol–water partition coefficient (Wildman–Crippen LogP) is 1.67. The van der Waals surface area contributed by atoms with E-state index in [-0.39, 0.29) is 17.8 Å². The summed E-state index contributed by atoms with van der Waals surface area (Å²) >= 11 is 0. The highest BCUT2D eigenvalue weighted by atomic mass is 19.3. The van der Waals surface area contributed by atoms with Crippen molar-refractivity contribution in [3.8, 4) is 6.07 Å². The van der Waals surface area contributed by atoms with Gasteiger partial charge in [0.15, 0.2) is 0 Å². The maximum Gasteiger partial charge on any atom is 0.265 e. The molecule has 3 nitrogen and oxygen atoms in total. The van der Waals surface area contributed by atoms with Gasteiger partial charge in [-0.15, -0.1) is 0 Å². The summed E-state index contributed by atoms with van der Waals surface area (Å²) < 4.78 is 24.3. The average molecular weight is 183 g/mol. The molecular weight excluding hydrogens is 176 g/mol. The van der Waals surface area contributed by atoms with E-state index in [1.54, 1.807) is 0 Å². The fourth-order valence-corrected chi connectivity index (χ4v) is 0.885. The highest BCUT2D eigenvalue weighted by Crippen LogP contribution is 2.21. The van der Waals surface area contributed by atoms with Crippen LogP contribution in [0.4, 0.5) is 14.6 Å². The van der Waals surface area contributed by atoms with Crippen molar-refractivity contribution in [2.45, 2.75) is 12.8 Å². The number of nitrogens with zero attached hydrogens (tertiary/aromatic N) is 2. The molecule has 1 heterocycles. The molecule has 0 bridgehead atoms. The maximum atomic E-state index is 12.2. The van der Waals surface area contributed by atoms with Crippen LogP contribution in [0.5, 0.6) is 0 Å². The Labute approximate surface area is 73.8 Å². The topological polar surface area (TPSA) is 62.7 Å². The van der Waals surface area contributed by atoms with E-state index in [4.69, 9.17) is 11.0 Å². The van der Waals surface area contributed by atoms with E-state index in [0.29, 0.717) is 5.56 Å². The Kier molecular flexibility index (Phi) is 2.75. The fourth-order valence-electron chi connectivity index (χ4n) is 0.885. The molecule has 0 amide bonds. The van der Waals surface area contributed by atoms with Crippen molar-refractivity contribution in [3.05, 3.63) is 23.4 Å². The first kappa shape index (κ1) is 9.39. The Hall–Kier alpha value is -1.70. The van der Waals surface area contributed by atoms with Crippen molar-refractivity contribution in [3.63, 3.8) is 0 Å². The Morgan fingerprint density at radius 3 is 2.85 bits per heavy atom. The van der Waals surface area contributed by atoms with Gasteiger partial charge < -0.3 is 5.73 Å². The standard InChI is InChI=1S/C8H7F2N3/c9-7(10)6-3-5(1-2-11)8(12)13-4-6/h3-4,7H,1H2,(H2,12,13). The van der Waals surface area contributed by atoms with Crippen LogP contribution in [0.15, 0.2) is 12.3 Å². The van der Waals surface area contributed by atoms with Crippen LogP contribution in [0, 0.1) is 11.3 Å². The van der Waals surface area contributed by atoms with E-state index in [9.17, 15) is 8.78 Å². The average Bonchev–Trinajstić information content (AvgIpc) is 2.08. The van der Waals surface area contributed by atoms with Crippen molar-refractivity contribution in [1.29, 1.82) is 5.26 Å². The molecule has 0 atom stereocenters. The Morgan fingerprint density at radius 2 is 2.31 bits per heavy atom. The molecule has 0 radical (unpaired) electrons. The fraction of sp³-hybridized carbons (Fsp3) is 0.250. The first-order valence-corrected chi connectivity index (χ1v) is 3.54. The van der Waals surface area contributed by atoms with Gasteiger partial charge >= 0.3 is 0 Å². The van der Waals surface area contributed by atoms with Gasteiger partial charge in [0.2, 0.25) is 0 Å². The molecular formula is C8H7F2N3. The third-order valence-corrected chi connectivity index (χ3v) is 1.54. The lowest BCUT2D eigenvalue weighted by Crippen LogP contribution is -1.99. The van der Waals surface area contributed by atoms with Crippen molar-refractivity contribution in [2.24, 2.45) is 0 Å². The van der Waals surface area contributed by atoms with Gasteiger partial charge in [0.05, 0.1) is 12.5 Å². The molecule has 0 saturated heterocycles. The van der Waals surface area contributed by atoms with Crippen LogP contribution < -0.4 is 5.73 Å². The van der Waals surface area contributed by atoms with Crippen molar-refractivity contribution >= 4 is 5.82 Å². The number of aromatic nitrogens is 1. The quantitative estimate of drug-likeness (QED) is 0.758. The molecule has 1 aromatic heterocycles. The Morgan fingerprint density at radius 1 is 1.62 bits per heavy atom. The zero-order valence-corrected chi connectivity index (χ0v) is 6.67. The van der Waals surface area contributed by atoms with Gasteiger partial charge in [0.1, 0.15) is 5.82 Å². The van der Waals surface area contributed by atoms with Gasteiger partial charge in [-0.2, -0.15) is 5.26 Å². The van der Waals surface area contributed by atoms with Crippen molar-refractivity contribution in [2.75, 3.05) is 5.73 Å². The minimum atomic E-state index is -2.58. The van der Waals surface area contributed by atoms with E-state index in [1.165, 1.54) is 6.07 Å². The zero-order valence-electron chi connectivity index (χ0n) is 6.67. The van der Waals surface area contributed by atoms with Gasteiger partial charge in [-0.05, 0) is 6.07 Å².